The van der Waals surface area contributed by atoms with Crippen LogP contribution in [0.2, 0.25) is 0 Å². The molecule has 1 saturated heterocycles. The molecule has 0 aliphatic carbocycles. The van der Waals surface area contributed by atoms with E-state index in [1.165, 1.54) is 100 Å². The fraction of sp³-hybridized carbons (Fsp3) is 0.316. The number of aromatic nitrogens is 3. The van der Waals surface area contributed by atoms with Gasteiger partial charge in [0.1, 0.15) is 14.1 Å². The van der Waals surface area contributed by atoms with Crippen molar-refractivity contribution in [2.24, 2.45) is 14.1 Å². The third-order valence-electron chi connectivity index (χ3n) is 9.08. The number of piperidine rings is 1. The van der Waals surface area contributed by atoms with Crippen molar-refractivity contribution in [1.29, 1.82) is 0 Å². The molecule has 0 unspecified atom stereocenters. The van der Waals surface area contributed by atoms with Crippen LogP contribution in [-0.4, -0.2) is 35.7 Å². The summed E-state index contributed by atoms with van der Waals surface area (Å²) in [5.41, 5.74) is 7.56. The molecule has 0 saturated carbocycles. The van der Waals surface area contributed by atoms with Crippen molar-refractivity contribution in [2.75, 3.05) is 26.7 Å². The van der Waals surface area contributed by atoms with E-state index >= 15 is 0 Å². The number of benzene rings is 2. The monoisotopic (exact) mass is 557 g/mol. The van der Waals surface area contributed by atoms with E-state index in [4.69, 9.17) is 0 Å². The average Bonchev–Trinajstić information content (AvgIpc) is 3.31. The lowest BCUT2D eigenvalue weighted by Crippen LogP contribution is -2.48. The average molecular weight is 558 g/mol. The summed E-state index contributed by atoms with van der Waals surface area (Å²) in [5.74, 6) is 0. The van der Waals surface area contributed by atoms with Gasteiger partial charge in [-0.15, -0.1) is 0 Å². The lowest BCUT2D eigenvalue weighted by atomic mass is 10.1. The van der Waals surface area contributed by atoms with Gasteiger partial charge in [-0.1, -0.05) is 36.4 Å². The molecular formula is C38H45N4+3. The Balaban J connectivity index is 1.30. The van der Waals surface area contributed by atoms with Crippen molar-refractivity contribution < 1.29 is 13.6 Å². The standard InChI is InChI=1S/C38H45N4/c1-39-22-17-31(18-23-39)9-11-33-13-15-37-35(29-33)36-30-34(12-10-32-19-24-40(2)25-20-32)14-16-38(36)41(37)21-5-8-28-42(3)26-6-4-7-27-42/h9-20,22-25,29-30H,4-8,21,26-28H2,1-3H3/q+3. The number of unbranched alkanes of at least 4 members (excludes halogenated alkanes) is 1. The van der Waals surface area contributed by atoms with Gasteiger partial charge in [0.15, 0.2) is 24.8 Å². The van der Waals surface area contributed by atoms with Gasteiger partial charge >= 0.3 is 0 Å². The molecule has 4 heteroatoms. The molecule has 4 heterocycles. The van der Waals surface area contributed by atoms with E-state index in [2.05, 4.69) is 145 Å². The molecule has 214 valence electrons. The Bertz CT molecular complexity index is 1600. The minimum atomic E-state index is 1.06. The van der Waals surface area contributed by atoms with Crippen LogP contribution < -0.4 is 9.13 Å². The predicted molar refractivity (Wildman–Crippen MR) is 176 cm³/mol. The van der Waals surface area contributed by atoms with Gasteiger partial charge in [0.25, 0.3) is 0 Å². The lowest BCUT2D eigenvalue weighted by molar-refractivity contribution is -0.914. The summed E-state index contributed by atoms with van der Waals surface area (Å²) < 4.78 is 7.96. The summed E-state index contributed by atoms with van der Waals surface area (Å²) in [6.45, 7) is 5.07. The maximum atomic E-state index is 2.57. The van der Waals surface area contributed by atoms with Crippen LogP contribution in [0.4, 0.5) is 0 Å². The number of quaternary nitrogens is 1. The molecule has 0 spiro atoms. The minimum absolute atomic E-state index is 1.06. The van der Waals surface area contributed by atoms with Crippen LogP contribution >= 0.6 is 0 Å². The number of pyridine rings is 2. The smallest absolute Gasteiger partial charge is 0.169 e. The summed E-state index contributed by atoms with van der Waals surface area (Å²) >= 11 is 0. The topological polar surface area (TPSA) is 12.7 Å². The van der Waals surface area contributed by atoms with Gasteiger partial charge < -0.3 is 9.05 Å². The van der Waals surface area contributed by atoms with Crippen molar-refractivity contribution in [1.82, 2.24) is 4.57 Å². The second-order valence-corrected chi connectivity index (χ2v) is 12.5. The number of hydrogen-bond donors (Lipinski definition) is 0. The highest BCUT2D eigenvalue weighted by atomic mass is 15.3. The molecule has 1 aliphatic heterocycles. The zero-order valence-corrected chi connectivity index (χ0v) is 25.5. The van der Waals surface area contributed by atoms with Gasteiger partial charge in [0.2, 0.25) is 0 Å². The van der Waals surface area contributed by atoms with E-state index < -0.39 is 0 Å². The van der Waals surface area contributed by atoms with Crippen LogP contribution in [0.15, 0.2) is 85.5 Å². The van der Waals surface area contributed by atoms with E-state index in [0.717, 1.165) is 6.54 Å². The Labute approximate surface area is 251 Å². The molecular weight excluding hydrogens is 512 g/mol. The summed E-state index contributed by atoms with van der Waals surface area (Å²) in [4.78, 5) is 0. The van der Waals surface area contributed by atoms with Crippen LogP contribution in [0.1, 0.15) is 54.4 Å². The number of aryl methyl sites for hydroxylation is 3. The van der Waals surface area contributed by atoms with Crippen molar-refractivity contribution in [3.63, 3.8) is 0 Å². The van der Waals surface area contributed by atoms with Crippen molar-refractivity contribution in [3.05, 3.63) is 108 Å². The third-order valence-corrected chi connectivity index (χ3v) is 9.08. The maximum Gasteiger partial charge on any atom is 0.169 e. The summed E-state index contributed by atoms with van der Waals surface area (Å²) in [6, 6.07) is 22.6. The third kappa shape index (κ3) is 6.55. The molecule has 0 bridgehead atoms. The van der Waals surface area contributed by atoms with E-state index in [9.17, 15) is 0 Å². The first-order valence-electron chi connectivity index (χ1n) is 15.6. The summed E-state index contributed by atoms with van der Waals surface area (Å²) in [7, 11) is 6.57. The second kappa shape index (κ2) is 12.5. The molecule has 0 radical (unpaired) electrons. The zero-order valence-electron chi connectivity index (χ0n) is 25.5. The van der Waals surface area contributed by atoms with Gasteiger partial charge in [-0.05, 0) is 78.6 Å². The molecule has 1 fully saturated rings. The quantitative estimate of drug-likeness (QED) is 0.103. The molecule has 4 nitrogen and oxygen atoms in total. The number of nitrogens with zero attached hydrogens (tertiary/aromatic N) is 4. The minimum Gasteiger partial charge on any atom is -0.340 e. The van der Waals surface area contributed by atoms with Gasteiger partial charge in [0, 0.05) is 52.6 Å². The Hall–Kier alpha value is -4.02. The largest absolute Gasteiger partial charge is 0.340 e. The maximum absolute atomic E-state index is 2.57. The predicted octanol–water partition coefficient (Wildman–Crippen LogP) is 7.20. The highest BCUT2D eigenvalue weighted by molar-refractivity contribution is 6.09. The Morgan fingerprint density at radius 1 is 0.619 bits per heavy atom. The molecule has 42 heavy (non-hydrogen) atoms. The fourth-order valence-electron chi connectivity index (χ4n) is 6.48. The first kappa shape index (κ1) is 28.1. The molecule has 3 aromatic heterocycles. The highest BCUT2D eigenvalue weighted by Gasteiger charge is 2.23. The van der Waals surface area contributed by atoms with Gasteiger partial charge in [-0.2, -0.15) is 0 Å². The highest BCUT2D eigenvalue weighted by Crippen LogP contribution is 2.32. The van der Waals surface area contributed by atoms with Crippen molar-refractivity contribution in [3.8, 4) is 0 Å². The first-order valence-corrected chi connectivity index (χ1v) is 15.6. The van der Waals surface area contributed by atoms with Gasteiger partial charge in [0.05, 0.1) is 26.7 Å². The van der Waals surface area contributed by atoms with Crippen LogP contribution in [0.25, 0.3) is 46.1 Å². The SMILES string of the molecule is C[n+]1ccc(/C=C/c2ccc3c(c2)c2cc(/C=C/c4cc[n+](C)cc4)ccc2n3CCCC[N+]2(C)CCCCC2)cc1. The molecule has 0 N–H and O–H groups in total. The van der Waals surface area contributed by atoms with E-state index in [-0.39, 0.29) is 0 Å². The van der Waals surface area contributed by atoms with Gasteiger partial charge in [-0.3, -0.25) is 0 Å². The number of fused-ring (bicyclic) bond motifs is 3. The molecule has 2 aromatic carbocycles. The lowest BCUT2D eigenvalue weighted by Gasteiger charge is -2.37. The Kier molecular flexibility index (Phi) is 8.34. The van der Waals surface area contributed by atoms with Crippen LogP contribution in [0, 0.1) is 0 Å². The summed E-state index contributed by atoms with van der Waals surface area (Å²) in [6.07, 6.45) is 23.9. The Morgan fingerprint density at radius 3 is 1.60 bits per heavy atom. The van der Waals surface area contributed by atoms with E-state index in [1.807, 2.05) is 0 Å². The molecule has 5 aromatic rings. The number of likely N-dealkylation sites (tertiary alicyclic amines) is 1. The first-order chi connectivity index (χ1) is 20.5. The number of rotatable bonds is 9. The Morgan fingerprint density at radius 2 is 1.10 bits per heavy atom. The van der Waals surface area contributed by atoms with Crippen molar-refractivity contribution >= 4 is 46.1 Å². The molecule has 0 atom stereocenters. The fourth-order valence-corrected chi connectivity index (χ4v) is 6.48. The van der Waals surface area contributed by atoms with Crippen LogP contribution in [0.5, 0.6) is 0 Å². The van der Waals surface area contributed by atoms with E-state index in [0.29, 0.717) is 0 Å². The second-order valence-electron chi connectivity index (χ2n) is 12.5. The molecule has 0 amide bonds. The van der Waals surface area contributed by atoms with Crippen LogP contribution in [0.3, 0.4) is 0 Å². The number of hydrogen-bond acceptors (Lipinski definition) is 0. The molecule has 1 aliphatic rings. The van der Waals surface area contributed by atoms with Crippen LogP contribution in [-0.2, 0) is 20.6 Å². The van der Waals surface area contributed by atoms with E-state index in [1.54, 1.807) is 0 Å². The zero-order chi connectivity index (χ0) is 28.9. The van der Waals surface area contributed by atoms with Gasteiger partial charge in [-0.25, -0.2) is 9.13 Å². The summed E-state index contributed by atoms with van der Waals surface area (Å²) in [5, 5.41) is 2.67. The normalized spacial score (nSPS) is 15.4. The molecule has 6 rings (SSSR count). The van der Waals surface area contributed by atoms with Crippen molar-refractivity contribution in [2.45, 2.75) is 38.6 Å².